The summed E-state index contributed by atoms with van der Waals surface area (Å²) >= 11 is 4.86. The summed E-state index contributed by atoms with van der Waals surface area (Å²) in [4.78, 5) is 27.9. The summed E-state index contributed by atoms with van der Waals surface area (Å²) < 4.78 is 56.3. The Bertz CT molecular complexity index is 1520. The fourth-order valence-electron chi connectivity index (χ4n) is 5.21. The van der Waals surface area contributed by atoms with Crippen LogP contribution in [0.2, 0.25) is 0 Å². The van der Waals surface area contributed by atoms with Gasteiger partial charge >= 0.3 is 5.57 Å². The molecule has 0 aliphatic carbocycles. The fraction of sp³-hybridized carbons (Fsp3) is 0.292. The smallest absolute Gasteiger partial charge is 0.420 e. The maximum atomic E-state index is 14.3. The summed E-state index contributed by atoms with van der Waals surface area (Å²) in [6.45, 7) is 0.213. The van der Waals surface area contributed by atoms with Gasteiger partial charge in [0, 0.05) is 53.3 Å². The lowest BCUT2D eigenvalue weighted by Crippen LogP contribution is -2.49. The van der Waals surface area contributed by atoms with Crippen LogP contribution in [-0.4, -0.2) is 59.6 Å². The summed E-state index contributed by atoms with van der Waals surface area (Å²) in [6.07, 6.45) is 3.00. The van der Waals surface area contributed by atoms with Crippen LogP contribution in [0.5, 0.6) is 5.75 Å². The number of anilines is 2. The van der Waals surface area contributed by atoms with E-state index in [9.17, 15) is 26.8 Å². The van der Waals surface area contributed by atoms with Crippen molar-refractivity contribution < 1.29 is 31.5 Å². The second-order valence-corrected chi connectivity index (χ2v) is 11.6. The van der Waals surface area contributed by atoms with Crippen molar-refractivity contribution in [2.75, 3.05) is 24.2 Å². The molecule has 1 saturated heterocycles. The van der Waals surface area contributed by atoms with Crippen molar-refractivity contribution in [3.63, 3.8) is 0 Å². The molecule has 200 valence electrons. The largest absolute Gasteiger partial charge is 0.487 e. The van der Waals surface area contributed by atoms with E-state index in [1.165, 1.54) is 45.7 Å². The van der Waals surface area contributed by atoms with Gasteiger partial charge in [-0.2, -0.15) is 5.10 Å². The Balaban J connectivity index is 1.69. The highest BCUT2D eigenvalue weighted by Gasteiger charge is 2.55. The third-order valence-electron chi connectivity index (χ3n) is 6.90. The Hall–Kier alpha value is -3.55. The predicted octanol–water partition coefficient (Wildman–Crippen LogP) is 3.32. The van der Waals surface area contributed by atoms with Crippen molar-refractivity contribution in [1.82, 2.24) is 14.5 Å². The maximum absolute atomic E-state index is 14.3. The molecule has 3 N–H and O–H groups in total. The molecule has 0 bridgehead atoms. The molecule has 0 saturated carbocycles. The normalized spacial score (nSPS) is 17.6. The van der Waals surface area contributed by atoms with Crippen LogP contribution in [0, 0.1) is 0 Å². The Morgan fingerprint density at radius 1 is 1.18 bits per heavy atom. The van der Waals surface area contributed by atoms with E-state index >= 15 is 0 Å². The monoisotopic (exact) mass is 565 g/mol. The summed E-state index contributed by atoms with van der Waals surface area (Å²) in [5, 5.41) is 6.86. The van der Waals surface area contributed by atoms with Crippen molar-refractivity contribution in [3.05, 3.63) is 59.8 Å². The minimum atomic E-state index is -3.91. The minimum absolute atomic E-state index is 0.107. The number of aromatic nitrogens is 2. The van der Waals surface area contributed by atoms with E-state index in [0.29, 0.717) is 28.2 Å². The highest BCUT2D eigenvalue weighted by molar-refractivity contribution is 7.88. The molecule has 14 heteroatoms. The van der Waals surface area contributed by atoms with Gasteiger partial charge in [-0.1, -0.05) is 0 Å². The van der Waals surface area contributed by atoms with E-state index < -0.39 is 26.9 Å². The molecule has 10 nitrogen and oxygen atoms in total. The topological polar surface area (TPSA) is 139 Å². The van der Waals surface area contributed by atoms with E-state index in [2.05, 4.69) is 14.9 Å². The number of ether oxygens (including phenoxy) is 1. The average molecular weight is 566 g/mol. The van der Waals surface area contributed by atoms with Gasteiger partial charge in [-0.3, -0.25) is 19.6 Å². The van der Waals surface area contributed by atoms with Crippen LogP contribution in [0.4, 0.5) is 20.2 Å². The number of nitrogens with two attached hydrogens (primary N) is 1. The summed E-state index contributed by atoms with van der Waals surface area (Å²) in [7, 11) is -3.48. The van der Waals surface area contributed by atoms with Gasteiger partial charge in [0.25, 0.3) is 0 Å². The van der Waals surface area contributed by atoms with Crippen LogP contribution in [0.1, 0.15) is 28.8 Å². The van der Waals surface area contributed by atoms with Crippen LogP contribution in [0.3, 0.4) is 0 Å². The van der Waals surface area contributed by atoms with Crippen LogP contribution in [-0.2, 0) is 20.2 Å². The van der Waals surface area contributed by atoms with Gasteiger partial charge < -0.3 is 10.5 Å². The number of fused-ring (bicyclic) bond motifs is 2. The number of carbonyl (C=O) groups excluding carboxylic acids is 2. The number of rotatable bonds is 6. The third kappa shape index (κ3) is 4.50. The molecular weight excluding hydrogens is 544 g/mol. The van der Waals surface area contributed by atoms with Gasteiger partial charge in [-0.25, -0.2) is 12.7 Å². The summed E-state index contributed by atoms with van der Waals surface area (Å²) in [5.41, 5.74) is 3.07. The number of amides is 2. The number of aromatic amines is 1. The number of carbonyl (C=O) groups is 2. The molecule has 2 amide bonds. The number of nitrogens with one attached hydrogen (secondary N) is 1. The summed E-state index contributed by atoms with van der Waals surface area (Å²) in [6, 6.07) is 10.1. The first kappa shape index (κ1) is 26.1. The van der Waals surface area contributed by atoms with E-state index in [1.807, 2.05) is 0 Å². The molecule has 0 unspecified atom stereocenters. The molecule has 0 radical (unpaired) electrons. The Labute approximate surface area is 221 Å². The van der Waals surface area contributed by atoms with E-state index in [1.54, 1.807) is 12.1 Å². The van der Waals surface area contributed by atoms with Crippen molar-refractivity contribution in [2.45, 2.75) is 23.8 Å². The number of nitrogens with zero attached hydrogens (tertiary/aromatic N) is 3. The SMILES string of the molecule is CS(=O)(=O)N1CCC2(CC1)C(=O)N(c1ccc(OC(F)(F)Cl)cc1)c1cc(C(N)=O)cc(-c3ccn[nH]3)c12. The Morgan fingerprint density at radius 2 is 1.84 bits per heavy atom. The number of hydrogen-bond acceptors (Lipinski definition) is 6. The summed E-state index contributed by atoms with van der Waals surface area (Å²) in [5.74, 6) is -1.29. The Morgan fingerprint density at radius 3 is 2.37 bits per heavy atom. The molecule has 38 heavy (non-hydrogen) atoms. The zero-order chi connectivity index (χ0) is 27.5. The van der Waals surface area contributed by atoms with Crippen LogP contribution < -0.4 is 15.4 Å². The predicted molar refractivity (Wildman–Crippen MR) is 135 cm³/mol. The second kappa shape index (κ2) is 9.03. The lowest BCUT2D eigenvalue weighted by Gasteiger charge is -2.38. The zero-order valence-electron chi connectivity index (χ0n) is 19.9. The van der Waals surface area contributed by atoms with Gasteiger partial charge in [0.1, 0.15) is 5.75 Å². The standard InChI is InChI=1S/C24H22ClF2N5O5S/c1-38(35,36)31-10-7-23(8-11-31)20-17(18-6-9-29-30-18)12-14(21(28)33)13-19(20)32(22(23)34)15-2-4-16(5-3-15)37-24(25,26)27/h2-6,9,12-13H,7-8,10-11H2,1H3,(H2,28,33)(H,29,30). The molecule has 5 rings (SSSR count). The number of benzene rings is 2. The van der Waals surface area contributed by atoms with Gasteiger partial charge in [0.05, 0.1) is 23.1 Å². The number of H-pyrrole nitrogens is 1. The number of halogens is 3. The molecule has 1 fully saturated rings. The molecule has 1 aromatic heterocycles. The van der Waals surface area contributed by atoms with Crippen LogP contribution in [0.15, 0.2) is 48.7 Å². The fourth-order valence-corrected chi connectivity index (χ4v) is 6.15. The molecule has 2 aliphatic rings. The van der Waals surface area contributed by atoms with Gasteiger partial charge in [-0.05, 0) is 55.3 Å². The quantitative estimate of drug-likeness (QED) is 0.440. The lowest BCUT2D eigenvalue weighted by molar-refractivity contribution is -0.123. The molecule has 1 spiro atoms. The van der Waals surface area contributed by atoms with E-state index in [-0.39, 0.29) is 43.2 Å². The highest BCUT2D eigenvalue weighted by atomic mass is 35.5. The first-order valence-electron chi connectivity index (χ1n) is 11.4. The van der Waals surface area contributed by atoms with E-state index in [0.717, 1.165) is 6.26 Å². The zero-order valence-corrected chi connectivity index (χ0v) is 21.5. The van der Waals surface area contributed by atoms with Gasteiger partial charge in [0.15, 0.2) is 0 Å². The van der Waals surface area contributed by atoms with Crippen LogP contribution in [0.25, 0.3) is 11.3 Å². The number of piperidine rings is 1. The first-order chi connectivity index (χ1) is 17.8. The van der Waals surface area contributed by atoms with Gasteiger partial charge in [0.2, 0.25) is 21.8 Å². The second-order valence-electron chi connectivity index (χ2n) is 9.18. The highest BCUT2D eigenvalue weighted by Crippen LogP contribution is 2.54. The van der Waals surface area contributed by atoms with Crippen LogP contribution >= 0.6 is 11.6 Å². The molecule has 2 aliphatic heterocycles. The van der Waals surface area contributed by atoms with Crippen molar-refractivity contribution in [2.24, 2.45) is 5.73 Å². The Kier molecular flexibility index (Phi) is 6.20. The molecule has 2 aromatic carbocycles. The third-order valence-corrected chi connectivity index (χ3v) is 8.28. The number of primary amides is 1. The average Bonchev–Trinajstić information content (AvgIpc) is 3.45. The molecule has 3 heterocycles. The number of sulfonamides is 1. The van der Waals surface area contributed by atoms with Crippen molar-refractivity contribution >= 4 is 44.8 Å². The minimum Gasteiger partial charge on any atom is -0.420 e. The maximum Gasteiger partial charge on any atom is 0.487 e. The molecule has 3 aromatic rings. The van der Waals surface area contributed by atoms with Crippen molar-refractivity contribution in [1.29, 1.82) is 0 Å². The number of hydrogen-bond donors (Lipinski definition) is 2. The first-order valence-corrected chi connectivity index (χ1v) is 13.7. The molecule has 0 atom stereocenters. The van der Waals surface area contributed by atoms with E-state index in [4.69, 9.17) is 17.3 Å². The lowest BCUT2D eigenvalue weighted by atomic mass is 9.71. The molecular formula is C24H22ClF2N5O5S. The van der Waals surface area contributed by atoms with Crippen molar-refractivity contribution in [3.8, 4) is 17.0 Å². The number of alkyl halides is 3. The van der Waals surface area contributed by atoms with Gasteiger partial charge in [-0.15, -0.1) is 8.78 Å².